The summed E-state index contributed by atoms with van der Waals surface area (Å²) in [5.74, 6) is 0. The van der Waals surface area contributed by atoms with Crippen molar-refractivity contribution < 1.29 is 4.74 Å². The highest BCUT2D eigenvalue weighted by atomic mass is 79.9. The summed E-state index contributed by atoms with van der Waals surface area (Å²) in [4.78, 5) is 11.9. The van der Waals surface area contributed by atoms with Gasteiger partial charge in [0, 0.05) is 19.7 Å². The van der Waals surface area contributed by atoms with Crippen molar-refractivity contribution in [1.82, 2.24) is 9.78 Å². The van der Waals surface area contributed by atoms with Gasteiger partial charge in [-0.1, -0.05) is 12.8 Å². The maximum Gasteiger partial charge on any atom is 0.282 e. The van der Waals surface area contributed by atoms with Crippen LogP contribution in [-0.2, 0) is 11.8 Å². The van der Waals surface area contributed by atoms with Gasteiger partial charge in [0.25, 0.3) is 5.56 Å². The minimum absolute atomic E-state index is 0.0789. The molecule has 1 unspecified atom stereocenters. The van der Waals surface area contributed by atoms with Crippen LogP contribution in [0.25, 0.3) is 0 Å². The SMILES string of the molecule is Cn1ncc(NC2CCOC3(CCCC3)C2)c(Br)c1=O. The summed E-state index contributed by atoms with van der Waals surface area (Å²) < 4.78 is 7.92. The third kappa shape index (κ3) is 2.63. The van der Waals surface area contributed by atoms with Gasteiger partial charge in [0.15, 0.2) is 0 Å². The normalized spacial score (nSPS) is 25.0. The molecule has 1 N–H and O–H groups in total. The molecular weight excluding hydrogens is 322 g/mol. The molecule has 3 rings (SSSR count). The summed E-state index contributed by atoms with van der Waals surface area (Å²) in [6.07, 6.45) is 8.58. The molecule has 1 aromatic rings. The average molecular weight is 342 g/mol. The van der Waals surface area contributed by atoms with Crippen molar-refractivity contribution in [3.63, 3.8) is 0 Å². The zero-order valence-corrected chi connectivity index (χ0v) is 13.3. The Hall–Kier alpha value is -0.880. The number of nitrogens with one attached hydrogen (secondary N) is 1. The molecule has 6 heteroatoms. The molecule has 1 spiro atoms. The van der Waals surface area contributed by atoms with Crippen molar-refractivity contribution in [2.45, 2.75) is 50.2 Å². The van der Waals surface area contributed by atoms with Crippen LogP contribution < -0.4 is 10.9 Å². The second-order valence-electron chi connectivity index (χ2n) is 5.87. The lowest BCUT2D eigenvalue weighted by atomic mass is 9.89. The zero-order chi connectivity index (χ0) is 14.2. The smallest absolute Gasteiger partial charge is 0.282 e. The van der Waals surface area contributed by atoms with Crippen molar-refractivity contribution in [1.29, 1.82) is 0 Å². The summed E-state index contributed by atoms with van der Waals surface area (Å²) in [6, 6.07) is 0.354. The van der Waals surface area contributed by atoms with E-state index in [0.29, 0.717) is 10.5 Å². The van der Waals surface area contributed by atoms with Crippen molar-refractivity contribution in [2.24, 2.45) is 7.05 Å². The first kappa shape index (κ1) is 14.1. The molecule has 0 bridgehead atoms. The Kier molecular flexibility index (Phi) is 3.86. The van der Waals surface area contributed by atoms with Gasteiger partial charge in [0.1, 0.15) is 4.47 Å². The number of nitrogens with zero attached hydrogens (tertiary/aromatic N) is 2. The zero-order valence-electron chi connectivity index (χ0n) is 11.7. The molecule has 0 amide bonds. The molecule has 1 saturated carbocycles. The van der Waals surface area contributed by atoms with E-state index in [1.54, 1.807) is 13.2 Å². The van der Waals surface area contributed by atoms with Gasteiger partial charge in [0.05, 0.1) is 17.5 Å². The van der Waals surface area contributed by atoms with Gasteiger partial charge in [-0.3, -0.25) is 4.79 Å². The number of anilines is 1. The summed E-state index contributed by atoms with van der Waals surface area (Å²) in [5, 5.41) is 7.54. The van der Waals surface area contributed by atoms with Crippen LogP contribution in [0.3, 0.4) is 0 Å². The van der Waals surface area contributed by atoms with E-state index in [4.69, 9.17) is 4.74 Å². The summed E-state index contributed by atoms with van der Waals surface area (Å²) >= 11 is 3.37. The molecule has 5 nitrogen and oxygen atoms in total. The van der Waals surface area contributed by atoms with Gasteiger partial charge in [0.2, 0.25) is 0 Å². The first-order valence-corrected chi connectivity index (χ1v) is 8.01. The Morgan fingerprint density at radius 3 is 3.00 bits per heavy atom. The first-order valence-electron chi connectivity index (χ1n) is 7.22. The highest BCUT2D eigenvalue weighted by Crippen LogP contribution is 2.40. The van der Waals surface area contributed by atoms with Crippen molar-refractivity contribution in [3.05, 3.63) is 21.0 Å². The summed E-state index contributed by atoms with van der Waals surface area (Å²) in [7, 11) is 1.65. The number of rotatable bonds is 2. The molecule has 2 fully saturated rings. The summed E-state index contributed by atoms with van der Waals surface area (Å²) in [5.41, 5.74) is 0.751. The fraction of sp³-hybridized carbons (Fsp3) is 0.714. The van der Waals surface area contributed by atoms with E-state index in [1.165, 1.54) is 30.4 Å². The van der Waals surface area contributed by atoms with Crippen LogP contribution in [0.2, 0.25) is 0 Å². The molecule has 2 heterocycles. The minimum atomic E-state index is -0.113. The van der Waals surface area contributed by atoms with Gasteiger partial charge >= 0.3 is 0 Å². The fourth-order valence-electron chi connectivity index (χ4n) is 3.35. The van der Waals surface area contributed by atoms with Gasteiger partial charge in [-0.2, -0.15) is 5.10 Å². The molecule has 20 heavy (non-hydrogen) atoms. The van der Waals surface area contributed by atoms with Crippen LogP contribution in [0.4, 0.5) is 5.69 Å². The maximum atomic E-state index is 11.9. The number of hydrogen-bond donors (Lipinski definition) is 1. The van der Waals surface area contributed by atoms with Gasteiger partial charge in [-0.05, 0) is 41.6 Å². The molecule has 1 aromatic heterocycles. The van der Waals surface area contributed by atoms with E-state index >= 15 is 0 Å². The minimum Gasteiger partial charge on any atom is -0.380 e. The van der Waals surface area contributed by atoms with Crippen molar-refractivity contribution in [2.75, 3.05) is 11.9 Å². The second-order valence-corrected chi connectivity index (χ2v) is 6.67. The molecule has 110 valence electrons. The number of aromatic nitrogens is 2. The standard InChI is InChI=1S/C14H20BrN3O2/c1-18-13(19)12(15)11(9-16-18)17-10-4-7-20-14(8-10)5-2-3-6-14/h9-10,17H,2-8H2,1H3. The number of aryl methyl sites for hydroxylation is 1. The molecular formula is C14H20BrN3O2. The Morgan fingerprint density at radius 1 is 1.50 bits per heavy atom. The largest absolute Gasteiger partial charge is 0.380 e. The number of ether oxygens (including phenoxy) is 1. The second kappa shape index (κ2) is 5.48. The lowest BCUT2D eigenvalue weighted by Crippen LogP contribution is -2.42. The lowest BCUT2D eigenvalue weighted by Gasteiger charge is -2.39. The third-order valence-corrected chi connectivity index (χ3v) is 5.21. The van der Waals surface area contributed by atoms with Crippen LogP contribution in [-0.4, -0.2) is 28.0 Å². The monoisotopic (exact) mass is 341 g/mol. The average Bonchev–Trinajstić information content (AvgIpc) is 2.88. The molecule has 1 aliphatic heterocycles. The van der Waals surface area contributed by atoms with Crippen molar-refractivity contribution >= 4 is 21.6 Å². The Labute approximate surface area is 126 Å². The molecule has 0 aromatic carbocycles. The highest BCUT2D eigenvalue weighted by molar-refractivity contribution is 9.10. The summed E-state index contributed by atoms with van der Waals surface area (Å²) in [6.45, 7) is 0.799. The van der Waals surface area contributed by atoms with Crippen LogP contribution >= 0.6 is 15.9 Å². The quantitative estimate of drug-likeness (QED) is 0.897. The number of hydrogen-bond acceptors (Lipinski definition) is 4. The highest BCUT2D eigenvalue weighted by Gasteiger charge is 2.40. The first-order chi connectivity index (χ1) is 9.60. The number of halogens is 1. The Morgan fingerprint density at radius 2 is 2.25 bits per heavy atom. The van der Waals surface area contributed by atoms with Gasteiger partial charge in [-0.25, -0.2) is 4.68 Å². The predicted octanol–water partition coefficient (Wildman–Crippen LogP) is 2.45. The van der Waals surface area contributed by atoms with Crippen LogP contribution in [0.15, 0.2) is 15.5 Å². The molecule has 0 radical (unpaired) electrons. The van der Waals surface area contributed by atoms with E-state index in [9.17, 15) is 4.79 Å². The lowest BCUT2D eigenvalue weighted by molar-refractivity contribution is -0.0767. The van der Waals surface area contributed by atoms with Gasteiger partial charge in [-0.15, -0.1) is 0 Å². The van der Waals surface area contributed by atoms with E-state index in [-0.39, 0.29) is 11.2 Å². The van der Waals surface area contributed by atoms with E-state index < -0.39 is 0 Å². The maximum absolute atomic E-state index is 11.9. The van der Waals surface area contributed by atoms with E-state index in [1.807, 2.05) is 0 Å². The van der Waals surface area contributed by atoms with Gasteiger partial charge < -0.3 is 10.1 Å². The molecule has 2 aliphatic rings. The van der Waals surface area contributed by atoms with E-state index in [0.717, 1.165) is 25.1 Å². The Bertz CT molecular complexity index is 552. The van der Waals surface area contributed by atoms with Crippen LogP contribution in [0.5, 0.6) is 0 Å². The molecule has 1 saturated heterocycles. The van der Waals surface area contributed by atoms with E-state index in [2.05, 4.69) is 26.3 Å². The van der Waals surface area contributed by atoms with Crippen molar-refractivity contribution in [3.8, 4) is 0 Å². The Balaban J connectivity index is 1.74. The fourth-order valence-corrected chi connectivity index (χ4v) is 3.82. The third-order valence-electron chi connectivity index (χ3n) is 4.45. The molecule has 1 atom stereocenters. The predicted molar refractivity (Wildman–Crippen MR) is 81.0 cm³/mol. The topological polar surface area (TPSA) is 56.1 Å². The molecule has 1 aliphatic carbocycles. The van der Waals surface area contributed by atoms with Crippen LogP contribution in [0, 0.1) is 0 Å². The van der Waals surface area contributed by atoms with Crippen LogP contribution in [0.1, 0.15) is 38.5 Å².